The fourth-order valence-corrected chi connectivity index (χ4v) is 3.33. The van der Waals surface area contributed by atoms with Crippen LogP contribution in [0.5, 0.6) is 0 Å². The molecule has 0 aliphatic carbocycles. The lowest BCUT2D eigenvalue weighted by atomic mass is 9.77. The van der Waals surface area contributed by atoms with E-state index in [-0.39, 0.29) is 0 Å². The molecule has 0 fully saturated rings. The molecule has 0 saturated heterocycles. The zero-order chi connectivity index (χ0) is 17.5. The molecule has 2 atom stereocenters. The lowest BCUT2D eigenvalue weighted by molar-refractivity contribution is 0.0697. The zero-order valence-electron chi connectivity index (χ0n) is 13.9. The van der Waals surface area contributed by atoms with Gasteiger partial charge in [0.05, 0.1) is 5.56 Å². The van der Waals surface area contributed by atoms with Crippen molar-refractivity contribution in [1.29, 1.82) is 0 Å². The van der Waals surface area contributed by atoms with Crippen LogP contribution in [0, 0.1) is 0 Å². The van der Waals surface area contributed by atoms with Crippen molar-refractivity contribution in [3.05, 3.63) is 82.9 Å². The fourth-order valence-electron chi connectivity index (χ4n) is 3.21. The number of rotatable bonds is 8. The summed E-state index contributed by atoms with van der Waals surface area (Å²) in [5.74, 6) is -0.277. The van der Waals surface area contributed by atoms with Crippen LogP contribution in [0.15, 0.2) is 61.2 Å². The lowest BCUT2D eigenvalue weighted by Gasteiger charge is -2.27. The average molecular weight is 343 g/mol. The molecule has 0 saturated carbocycles. The highest BCUT2D eigenvalue weighted by Crippen LogP contribution is 2.39. The van der Waals surface area contributed by atoms with Gasteiger partial charge in [-0.25, -0.2) is 4.79 Å². The largest absolute Gasteiger partial charge is 0.478 e. The van der Waals surface area contributed by atoms with Crippen molar-refractivity contribution >= 4 is 17.6 Å². The van der Waals surface area contributed by atoms with Gasteiger partial charge >= 0.3 is 5.97 Å². The Morgan fingerprint density at radius 3 is 2.12 bits per heavy atom. The van der Waals surface area contributed by atoms with Crippen LogP contribution in [0.4, 0.5) is 0 Å². The van der Waals surface area contributed by atoms with Crippen molar-refractivity contribution in [3.8, 4) is 0 Å². The first-order valence-electron chi connectivity index (χ1n) is 8.26. The van der Waals surface area contributed by atoms with Gasteiger partial charge in [-0.2, -0.15) is 0 Å². The van der Waals surface area contributed by atoms with Crippen LogP contribution in [0.1, 0.15) is 59.5 Å². The molecule has 2 aromatic carbocycles. The number of halogens is 1. The molecule has 0 radical (unpaired) electrons. The molecule has 0 unspecified atom stereocenters. The molecule has 126 valence electrons. The molecule has 3 heteroatoms. The predicted molar refractivity (Wildman–Crippen MR) is 100 cm³/mol. The summed E-state index contributed by atoms with van der Waals surface area (Å²) < 4.78 is 0. The summed E-state index contributed by atoms with van der Waals surface area (Å²) in [7, 11) is 0. The Morgan fingerprint density at radius 1 is 1.08 bits per heavy atom. The molecule has 0 heterocycles. The van der Waals surface area contributed by atoms with Crippen LogP contribution >= 0.6 is 11.6 Å². The molecule has 0 spiro atoms. The van der Waals surface area contributed by atoms with Gasteiger partial charge in [0.15, 0.2) is 0 Å². The van der Waals surface area contributed by atoms with Gasteiger partial charge in [0.1, 0.15) is 0 Å². The predicted octanol–water partition coefficient (Wildman–Crippen LogP) is 6.28. The van der Waals surface area contributed by atoms with Crippen LogP contribution in [-0.2, 0) is 0 Å². The number of allylic oxidation sites excluding steroid dienone is 1. The summed E-state index contributed by atoms with van der Waals surface area (Å²) in [6.07, 6.45) is 4.92. The number of benzene rings is 2. The van der Waals surface area contributed by atoms with Gasteiger partial charge in [-0.05, 0) is 60.1 Å². The molecule has 0 aliphatic rings. The first-order chi connectivity index (χ1) is 11.6. The molecule has 0 bridgehead atoms. The molecular weight excluding hydrogens is 320 g/mol. The lowest BCUT2D eigenvalue weighted by Crippen LogP contribution is -2.12. The van der Waals surface area contributed by atoms with Crippen LogP contribution in [0.2, 0.25) is 5.02 Å². The molecule has 24 heavy (non-hydrogen) atoms. The third kappa shape index (κ3) is 4.48. The maximum atomic E-state index is 11.1. The van der Waals surface area contributed by atoms with E-state index in [9.17, 15) is 4.79 Å². The van der Waals surface area contributed by atoms with E-state index in [4.69, 9.17) is 16.7 Å². The molecule has 2 rings (SSSR count). The minimum absolute atomic E-state index is 0.301. The number of carboxylic acid groups (broad SMARTS) is 1. The number of carbonyl (C=O) groups is 1. The van der Waals surface area contributed by atoms with E-state index >= 15 is 0 Å². The second-order valence-electron chi connectivity index (χ2n) is 6.00. The molecule has 1 N–H and O–H groups in total. The van der Waals surface area contributed by atoms with E-state index in [0.717, 1.165) is 24.3 Å². The summed E-state index contributed by atoms with van der Waals surface area (Å²) in [5.41, 5.74) is 2.73. The monoisotopic (exact) mass is 342 g/mol. The number of aromatic carboxylic acids is 1. The van der Waals surface area contributed by atoms with Gasteiger partial charge in [-0.15, -0.1) is 6.58 Å². The topological polar surface area (TPSA) is 37.3 Å². The number of carboxylic acids is 1. The number of hydrogen-bond donors (Lipinski definition) is 1. The van der Waals surface area contributed by atoms with Gasteiger partial charge in [0, 0.05) is 5.02 Å². The summed E-state index contributed by atoms with van der Waals surface area (Å²) in [6, 6.07) is 15.2. The molecule has 2 aromatic rings. The van der Waals surface area contributed by atoms with Gasteiger partial charge in [-0.1, -0.05) is 55.3 Å². The van der Waals surface area contributed by atoms with Crippen LogP contribution in [-0.4, -0.2) is 11.1 Å². The smallest absolute Gasteiger partial charge is 0.335 e. The quantitative estimate of drug-likeness (QED) is 0.573. The molecular formula is C21H23ClO2. The summed E-state index contributed by atoms with van der Waals surface area (Å²) in [4.78, 5) is 11.1. The Labute approximate surface area is 148 Å². The SMILES string of the molecule is C=CC[C@H](c1ccc(Cl)cc1)[C@H](CCC)c1ccc(C(=O)O)cc1. The van der Waals surface area contributed by atoms with Crippen LogP contribution in [0.3, 0.4) is 0 Å². The van der Waals surface area contributed by atoms with E-state index < -0.39 is 5.97 Å². The van der Waals surface area contributed by atoms with E-state index in [1.54, 1.807) is 12.1 Å². The minimum atomic E-state index is -0.895. The highest BCUT2D eigenvalue weighted by Gasteiger charge is 2.23. The second-order valence-corrected chi connectivity index (χ2v) is 6.44. The normalized spacial score (nSPS) is 13.2. The maximum Gasteiger partial charge on any atom is 0.335 e. The Hall–Kier alpha value is -2.06. The summed E-state index contributed by atoms with van der Waals surface area (Å²) in [6.45, 7) is 6.09. The highest BCUT2D eigenvalue weighted by molar-refractivity contribution is 6.30. The van der Waals surface area contributed by atoms with Crippen LogP contribution in [0.25, 0.3) is 0 Å². The van der Waals surface area contributed by atoms with Crippen molar-refractivity contribution in [2.45, 2.75) is 38.0 Å². The van der Waals surface area contributed by atoms with Crippen molar-refractivity contribution in [3.63, 3.8) is 0 Å². The molecule has 0 aromatic heterocycles. The minimum Gasteiger partial charge on any atom is -0.478 e. The maximum absolute atomic E-state index is 11.1. The third-order valence-electron chi connectivity index (χ3n) is 4.39. The van der Waals surface area contributed by atoms with Crippen molar-refractivity contribution in [2.75, 3.05) is 0 Å². The highest BCUT2D eigenvalue weighted by atomic mass is 35.5. The van der Waals surface area contributed by atoms with Gasteiger partial charge in [0.25, 0.3) is 0 Å². The van der Waals surface area contributed by atoms with E-state index in [1.807, 2.05) is 30.3 Å². The van der Waals surface area contributed by atoms with Crippen molar-refractivity contribution in [1.82, 2.24) is 0 Å². The Kier molecular flexibility index (Phi) is 6.62. The zero-order valence-corrected chi connectivity index (χ0v) is 14.7. The van der Waals surface area contributed by atoms with Crippen LogP contribution < -0.4 is 0 Å². The van der Waals surface area contributed by atoms with Gasteiger partial charge < -0.3 is 5.11 Å². The van der Waals surface area contributed by atoms with E-state index in [0.29, 0.717) is 17.4 Å². The van der Waals surface area contributed by atoms with Crippen molar-refractivity contribution in [2.24, 2.45) is 0 Å². The first-order valence-corrected chi connectivity index (χ1v) is 8.64. The molecule has 0 aliphatic heterocycles. The fraction of sp³-hybridized carbons (Fsp3) is 0.286. The Balaban J connectivity index is 2.38. The van der Waals surface area contributed by atoms with Gasteiger partial charge in [0.2, 0.25) is 0 Å². The Morgan fingerprint density at radius 2 is 1.62 bits per heavy atom. The third-order valence-corrected chi connectivity index (χ3v) is 4.64. The standard InChI is InChI=1S/C21H23ClO2/c1-3-5-19(15-7-9-17(10-8-15)21(23)24)20(6-4-2)16-11-13-18(22)14-12-16/h4,7-14,19-20H,2-3,5-6H2,1H3,(H,23,24)/t19-,20-/m1/s1. The van der Waals surface area contributed by atoms with E-state index in [1.165, 1.54) is 11.1 Å². The first kappa shape index (κ1) is 18.3. The average Bonchev–Trinajstić information content (AvgIpc) is 2.59. The second kappa shape index (κ2) is 8.70. The van der Waals surface area contributed by atoms with Crippen molar-refractivity contribution < 1.29 is 9.90 Å². The summed E-state index contributed by atoms with van der Waals surface area (Å²) in [5, 5.41) is 9.82. The van der Waals surface area contributed by atoms with E-state index in [2.05, 4.69) is 25.6 Å². The molecule has 0 amide bonds. The molecule has 2 nitrogen and oxygen atoms in total. The number of hydrogen-bond acceptors (Lipinski definition) is 1. The Bertz CT molecular complexity index is 674. The summed E-state index contributed by atoms with van der Waals surface area (Å²) >= 11 is 6.02. The van der Waals surface area contributed by atoms with Gasteiger partial charge in [-0.3, -0.25) is 0 Å².